The molecule has 3 rings (SSSR count). The van der Waals surface area contributed by atoms with Crippen LogP contribution < -0.4 is 10.2 Å². The molecule has 1 unspecified atom stereocenters. The van der Waals surface area contributed by atoms with Gasteiger partial charge in [0.2, 0.25) is 11.8 Å². The Morgan fingerprint density at radius 2 is 1.97 bits per heavy atom. The first kappa shape index (κ1) is 27.8. The first-order valence-corrected chi connectivity index (χ1v) is 12.8. The molecule has 1 aliphatic carbocycles. The number of amides is 4. The Hall–Kier alpha value is -3.75. The molecule has 1 aromatic carbocycles. The number of hydrogen-bond donors (Lipinski definition) is 1. The molecule has 0 saturated heterocycles. The van der Waals surface area contributed by atoms with Gasteiger partial charge >= 0.3 is 12.0 Å². The Morgan fingerprint density at radius 1 is 1.16 bits per heavy atom. The van der Waals surface area contributed by atoms with Crippen LogP contribution in [0.15, 0.2) is 53.1 Å². The van der Waals surface area contributed by atoms with E-state index in [-0.39, 0.29) is 29.6 Å². The number of fused-ring (bicyclic) bond motifs is 1. The molecule has 0 spiro atoms. The van der Waals surface area contributed by atoms with Crippen LogP contribution in [-0.2, 0) is 19.1 Å². The number of nitrogens with zero attached hydrogens (tertiary/aromatic N) is 3. The Labute approximate surface area is 218 Å². The van der Waals surface area contributed by atoms with Crippen LogP contribution in [0.2, 0.25) is 0 Å². The highest BCUT2D eigenvalue weighted by atomic mass is 16.5. The SMILES string of the molecule is CCN(CCCNC(=O)CCCCCN1C(=O)N=C2C=C(C(=O)OC)C=CC2C1=O)c1cccc(C)c1. The number of imide groups is 1. The van der Waals surface area contributed by atoms with E-state index in [1.54, 1.807) is 6.08 Å². The molecule has 0 radical (unpaired) electrons. The van der Waals surface area contributed by atoms with Gasteiger partial charge in [-0.3, -0.25) is 14.5 Å². The largest absolute Gasteiger partial charge is 0.465 e. The number of ether oxygens (including phenoxy) is 1. The van der Waals surface area contributed by atoms with Gasteiger partial charge in [0.1, 0.15) is 0 Å². The Balaban J connectivity index is 1.33. The lowest BCUT2D eigenvalue weighted by Gasteiger charge is -2.28. The predicted molar refractivity (Wildman–Crippen MR) is 142 cm³/mol. The second kappa shape index (κ2) is 13.5. The lowest BCUT2D eigenvalue weighted by Crippen LogP contribution is -2.46. The minimum atomic E-state index is -0.675. The highest BCUT2D eigenvalue weighted by Crippen LogP contribution is 2.23. The number of rotatable bonds is 13. The van der Waals surface area contributed by atoms with Crippen molar-refractivity contribution in [3.8, 4) is 0 Å². The summed E-state index contributed by atoms with van der Waals surface area (Å²) in [7, 11) is 1.27. The van der Waals surface area contributed by atoms with Crippen LogP contribution in [0.3, 0.4) is 0 Å². The van der Waals surface area contributed by atoms with Crippen molar-refractivity contribution in [3.05, 3.63) is 53.6 Å². The van der Waals surface area contributed by atoms with Gasteiger partial charge in [-0.05, 0) is 56.9 Å². The van der Waals surface area contributed by atoms with Crippen LogP contribution in [0, 0.1) is 12.8 Å². The van der Waals surface area contributed by atoms with Gasteiger partial charge in [0.05, 0.1) is 24.3 Å². The third-order valence-corrected chi connectivity index (χ3v) is 6.46. The van der Waals surface area contributed by atoms with Crippen LogP contribution in [-0.4, -0.2) is 67.7 Å². The van der Waals surface area contributed by atoms with E-state index in [1.165, 1.54) is 30.5 Å². The first-order chi connectivity index (χ1) is 17.8. The van der Waals surface area contributed by atoms with Crippen molar-refractivity contribution in [2.75, 3.05) is 38.2 Å². The van der Waals surface area contributed by atoms with Crippen molar-refractivity contribution >= 4 is 35.2 Å². The molecule has 9 nitrogen and oxygen atoms in total. The molecule has 0 bridgehead atoms. The van der Waals surface area contributed by atoms with Gasteiger partial charge in [-0.1, -0.05) is 30.7 Å². The molecule has 0 aromatic heterocycles. The normalized spacial score (nSPS) is 16.6. The van der Waals surface area contributed by atoms with Gasteiger partial charge in [0.15, 0.2) is 0 Å². The number of aryl methyl sites for hydroxylation is 1. The monoisotopic (exact) mass is 508 g/mol. The predicted octanol–water partition coefficient (Wildman–Crippen LogP) is 3.58. The highest BCUT2D eigenvalue weighted by molar-refractivity contribution is 6.23. The van der Waals surface area contributed by atoms with Gasteiger partial charge < -0.3 is 15.0 Å². The third-order valence-electron chi connectivity index (χ3n) is 6.46. The zero-order valence-electron chi connectivity index (χ0n) is 21.9. The van der Waals surface area contributed by atoms with Gasteiger partial charge in [-0.2, -0.15) is 4.99 Å². The van der Waals surface area contributed by atoms with E-state index in [0.29, 0.717) is 32.2 Å². The van der Waals surface area contributed by atoms with Gasteiger partial charge in [0.25, 0.3) is 0 Å². The summed E-state index contributed by atoms with van der Waals surface area (Å²) in [6.07, 6.45) is 7.76. The second-order valence-corrected chi connectivity index (χ2v) is 9.17. The molecule has 37 heavy (non-hydrogen) atoms. The third kappa shape index (κ3) is 7.62. The molecule has 198 valence electrons. The van der Waals surface area contributed by atoms with Crippen molar-refractivity contribution in [1.29, 1.82) is 0 Å². The maximum absolute atomic E-state index is 12.8. The topological polar surface area (TPSA) is 108 Å². The first-order valence-electron chi connectivity index (χ1n) is 12.8. The summed E-state index contributed by atoms with van der Waals surface area (Å²) in [5.74, 6) is -1.56. The Bertz CT molecular complexity index is 1110. The lowest BCUT2D eigenvalue weighted by atomic mass is 9.92. The number of hydrogen-bond acceptors (Lipinski definition) is 6. The summed E-state index contributed by atoms with van der Waals surface area (Å²) >= 11 is 0. The van der Waals surface area contributed by atoms with E-state index in [0.717, 1.165) is 24.4 Å². The highest BCUT2D eigenvalue weighted by Gasteiger charge is 2.36. The van der Waals surface area contributed by atoms with E-state index in [2.05, 4.69) is 58.1 Å². The fraction of sp³-hybridized carbons (Fsp3) is 0.464. The number of carbonyl (C=O) groups is 4. The number of unbranched alkanes of at least 4 members (excludes halogenated alkanes) is 2. The van der Waals surface area contributed by atoms with Crippen molar-refractivity contribution in [1.82, 2.24) is 10.2 Å². The molecule has 1 atom stereocenters. The summed E-state index contributed by atoms with van der Waals surface area (Å²) in [6, 6.07) is 7.79. The molecule has 2 aliphatic rings. The number of aliphatic imine (C=N–C) groups is 1. The van der Waals surface area contributed by atoms with Crippen molar-refractivity contribution in [2.24, 2.45) is 10.9 Å². The molecule has 1 aliphatic heterocycles. The molecular formula is C28H36N4O5. The minimum absolute atomic E-state index is 0.0125. The van der Waals surface area contributed by atoms with Crippen LogP contribution in [0.25, 0.3) is 0 Å². The van der Waals surface area contributed by atoms with E-state index >= 15 is 0 Å². The standard InChI is InChI=1S/C28H36N4O5/c1-4-31(22-11-8-10-20(2)18-22)16-9-15-29-25(33)12-6-5-7-17-32-26(34)23-14-13-21(27(35)37-3)19-24(23)30-28(32)36/h8,10-11,13-14,18-19,23H,4-7,9,12,15-17H2,1-3H3,(H,29,33). The van der Waals surface area contributed by atoms with E-state index < -0.39 is 17.9 Å². The Kier molecular flexibility index (Phi) is 10.2. The minimum Gasteiger partial charge on any atom is -0.465 e. The van der Waals surface area contributed by atoms with E-state index in [1.807, 2.05) is 0 Å². The maximum atomic E-state index is 12.8. The summed E-state index contributed by atoms with van der Waals surface area (Å²) in [4.78, 5) is 56.5. The molecule has 9 heteroatoms. The summed E-state index contributed by atoms with van der Waals surface area (Å²) in [6.45, 7) is 6.87. The lowest BCUT2D eigenvalue weighted by molar-refractivity contribution is -0.136. The number of methoxy groups -OCH3 is 1. The summed E-state index contributed by atoms with van der Waals surface area (Å²) in [5.41, 5.74) is 2.93. The number of benzene rings is 1. The number of esters is 1. The molecule has 0 saturated carbocycles. The number of carbonyl (C=O) groups excluding carboxylic acids is 4. The van der Waals surface area contributed by atoms with Crippen molar-refractivity contribution in [3.63, 3.8) is 0 Å². The van der Waals surface area contributed by atoms with E-state index in [9.17, 15) is 19.2 Å². The van der Waals surface area contributed by atoms with Gasteiger partial charge in [-0.15, -0.1) is 0 Å². The molecule has 1 heterocycles. The summed E-state index contributed by atoms with van der Waals surface area (Å²) < 4.78 is 4.67. The average Bonchev–Trinajstić information content (AvgIpc) is 2.89. The second-order valence-electron chi connectivity index (χ2n) is 9.17. The zero-order valence-corrected chi connectivity index (χ0v) is 21.9. The smallest absolute Gasteiger partial charge is 0.350 e. The van der Waals surface area contributed by atoms with Crippen LogP contribution >= 0.6 is 0 Å². The Morgan fingerprint density at radius 3 is 2.70 bits per heavy atom. The fourth-order valence-corrected chi connectivity index (χ4v) is 4.40. The van der Waals surface area contributed by atoms with Crippen LogP contribution in [0.4, 0.5) is 10.5 Å². The zero-order chi connectivity index (χ0) is 26.8. The number of anilines is 1. The molecular weight excluding hydrogens is 472 g/mol. The average molecular weight is 509 g/mol. The molecule has 0 fully saturated rings. The van der Waals surface area contributed by atoms with Crippen molar-refractivity contribution < 1.29 is 23.9 Å². The number of allylic oxidation sites excluding steroid dienone is 1. The quantitative estimate of drug-likeness (QED) is 0.322. The maximum Gasteiger partial charge on any atom is 0.350 e. The van der Waals surface area contributed by atoms with Crippen molar-refractivity contribution in [2.45, 2.75) is 46.0 Å². The number of nitrogens with one attached hydrogen (secondary N) is 1. The molecule has 1 N–H and O–H groups in total. The fourth-order valence-electron chi connectivity index (χ4n) is 4.40. The molecule has 1 aromatic rings. The van der Waals surface area contributed by atoms with Crippen LogP contribution in [0.1, 0.15) is 44.6 Å². The van der Waals surface area contributed by atoms with Gasteiger partial charge in [0, 0.05) is 38.3 Å². The van der Waals surface area contributed by atoms with Gasteiger partial charge in [-0.25, -0.2) is 9.59 Å². The summed E-state index contributed by atoms with van der Waals surface area (Å²) in [5, 5.41) is 2.98. The number of urea groups is 1. The molecule has 4 amide bonds. The van der Waals surface area contributed by atoms with E-state index in [4.69, 9.17) is 0 Å². The van der Waals surface area contributed by atoms with Crippen LogP contribution in [0.5, 0.6) is 0 Å².